The number of phenols is 1. The first kappa shape index (κ1) is 29.0. The molecule has 38 heavy (non-hydrogen) atoms. The Kier molecular flexibility index (Phi) is 9.07. The van der Waals surface area contributed by atoms with E-state index in [2.05, 4.69) is 10.6 Å². The second-order valence-corrected chi connectivity index (χ2v) is 11.6. The largest absolute Gasteiger partial charge is 0.508 e. The Bertz CT molecular complexity index is 1170. The Balaban J connectivity index is 2.02. The summed E-state index contributed by atoms with van der Waals surface area (Å²) in [7, 11) is 0. The van der Waals surface area contributed by atoms with Crippen molar-refractivity contribution in [2.45, 2.75) is 91.5 Å². The van der Waals surface area contributed by atoms with Crippen LogP contribution in [0.15, 0.2) is 42.5 Å². The van der Waals surface area contributed by atoms with Crippen LogP contribution in [0.25, 0.3) is 0 Å². The molecule has 1 aliphatic rings. The van der Waals surface area contributed by atoms with Crippen LogP contribution in [0.2, 0.25) is 0 Å². The lowest BCUT2D eigenvalue weighted by atomic mass is 9.97. The first-order valence-corrected chi connectivity index (χ1v) is 13.2. The van der Waals surface area contributed by atoms with Crippen molar-refractivity contribution in [3.05, 3.63) is 59.2 Å². The predicted molar refractivity (Wildman–Crippen MR) is 148 cm³/mol. The summed E-state index contributed by atoms with van der Waals surface area (Å²) in [5, 5.41) is 15.9. The van der Waals surface area contributed by atoms with Gasteiger partial charge in [0.25, 0.3) is 5.91 Å². The standard InChI is InChI=1S/C30H41N3O5/c1-18(2)16-24(32-29(37)38-30(5,6)7)28(36)33(22-13-14-22)26(21-12-15-25(34)20(4)17-21)27(35)31-23-11-9-8-10-19(23)3/h8-12,15,17-18,22,24,26,34H,13-14,16H2,1-7H3,(H,31,35)(H,32,37). The molecule has 2 aromatic carbocycles. The number of nitrogens with zero attached hydrogens (tertiary/aromatic N) is 1. The highest BCUT2D eigenvalue weighted by molar-refractivity contribution is 5.99. The molecule has 0 bridgehead atoms. The van der Waals surface area contributed by atoms with Crippen LogP contribution in [0, 0.1) is 19.8 Å². The van der Waals surface area contributed by atoms with E-state index in [1.54, 1.807) is 50.8 Å². The van der Waals surface area contributed by atoms with E-state index in [0.717, 1.165) is 18.4 Å². The van der Waals surface area contributed by atoms with Crippen LogP contribution in [0.3, 0.4) is 0 Å². The normalized spacial score (nSPS) is 14.9. The van der Waals surface area contributed by atoms with Crippen LogP contribution in [-0.2, 0) is 14.3 Å². The number of carbonyl (C=O) groups excluding carboxylic acids is 3. The Morgan fingerprint density at radius 3 is 2.26 bits per heavy atom. The van der Waals surface area contributed by atoms with Gasteiger partial charge in [-0.1, -0.05) is 38.1 Å². The van der Waals surface area contributed by atoms with E-state index in [-0.39, 0.29) is 29.5 Å². The summed E-state index contributed by atoms with van der Waals surface area (Å²) in [4.78, 5) is 42.4. The van der Waals surface area contributed by atoms with E-state index < -0.39 is 23.8 Å². The smallest absolute Gasteiger partial charge is 0.408 e. The number of nitrogens with one attached hydrogen (secondary N) is 2. The first-order chi connectivity index (χ1) is 17.8. The second-order valence-electron chi connectivity index (χ2n) is 11.6. The molecule has 0 aromatic heterocycles. The molecule has 3 rings (SSSR count). The summed E-state index contributed by atoms with van der Waals surface area (Å²) >= 11 is 0. The van der Waals surface area contributed by atoms with Crippen molar-refractivity contribution < 1.29 is 24.2 Å². The zero-order valence-electron chi connectivity index (χ0n) is 23.5. The van der Waals surface area contributed by atoms with Gasteiger partial charge in [-0.25, -0.2) is 4.79 Å². The molecule has 0 aliphatic heterocycles. The van der Waals surface area contributed by atoms with Gasteiger partial charge in [0, 0.05) is 11.7 Å². The summed E-state index contributed by atoms with van der Waals surface area (Å²) in [6.07, 6.45) is 1.24. The number of para-hydroxylation sites is 1. The molecule has 8 heteroatoms. The van der Waals surface area contributed by atoms with Crippen LogP contribution in [-0.4, -0.2) is 45.6 Å². The van der Waals surface area contributed by atoms with Crippen LogP contribution in [0.1, 0.15) is 76.6 Å². The van der Waals surface area contributed by atoms with Crippen molar-refractivity contribution in [3.63, 3.8) is 0 Å². The van der Waals surface area contributed by atoms with Gasteiger partial charge in [-0.2, -0.15) is 0 Å². The molecule has 0 spiro atoms. The minimum Gasteiger partial charge on any atom is -0.508 e. The van der Waals surface area contributed by atoms with Gasteiger partial charge in [-0.05, 0) is 94.7 Å². The average Bonchev–Trinajstić information content (AvgIpc) is 3.63. The van der Waals surface area contributed by atoms with Gasteiger partial charge >= 0.3 is 6.09 Å². The number of amides is 3. The molecular weight excluding hydrogens is 482 g/mol. The van der Waals surface area contributed by atoms with Gasteiger partial charge in [-0.3, -0.25) is 9.59 Å². The molecule has 3 N–H and O–H groups in total. The van der Waals surface area contributed by atoms with E-state index in [9.17, 15) is 19.5 Å². The van der Waals surface area contributed by atoms with E-state index in [1.165, 1.54) is 0 Å². The van der Waals surface area contributed by atoms with Crippen molar-refractivity contribution in [2.24, 2.45) is 5.92 Å². The fourth-order valence-electron chi connectivity index (χ4n) is 4.39. The summed E-state index contributed by atoms with van der Waals surface area (Å²) in [6.45, 7) is 12.9. The molecule has 1 saturated carbocycles. The Hall–Kier alpha value is -3.55. The molecule has 0 heterocycles. The van der Waals surface area contributed by atoms with Crippen molar-refractivity contribution in [2.75, 3.05) is 5.32 Å². The van der Waals surface area contributed by atoms with Crippen LogP contribution in [0.5, 0.6) is 5.75 Å². The lowest BCUT2D eigenvalue weighted by molar-refractivity contribution is -0.141. The summed E-state index contributed by atoms with van der Waals surface area (Å²) < 4.78 is 5.44. The molecule has 8 nitrogen and oxygen atoms in total. The van der Waals surface area contributed by atoms with Crippen molar-refractivity contribution in [1.82, 2.24) is 10.2 Å². The maximum absolute atomic E-state index is 14.2. The molecule has 2 aromatic rings. The zero-order valence-corrected chi connectivity index (χ0v) is 23.5. The number of phenolic OH excluding ortho intramolecular Hbond substituents is 1. The number of benzene rings is 2. The fraction of sp³-hybridized carbons (Fsp3) is 0.500. The van der Waals surface area contributed by atoms with Gasteiger partial charge in [0.15, 0.2) is 0 Å². The molecule has 3 amide bonds. The SMILES string of the molecule is Cc1cc(C(C(=O)Nc2ccccc2C)N(C(=O)C(CC(C)C)NC(=O)OC(C)(C)C)C2CC2)ccc1O. The van der Waals surface area contributed by atoms with E-state index in [1.807, 2.05) is 45.0 Å². The summed E-state index contributed by atoms with van der Waals surface area (Å²) in [5.41, 5.74) is 2.03. The van der Waals surface area contributed by atoms with Crippen LogP contribution in [0.4, 0.5) is 10.5 Å². The second kappa shape index (κ2) is 11.9. The highest BCUT2D eigenvalue weighted by Gasteiger charge is 2.44. The van der Waals surface area contributed by atoms with Crippen LogP contribution < -0.4 is 10.6 Å². The molecule has 0 radical (unpaired) electrons. The number of ether oxygens (including phenoxy) is 1. The number of hydrogen-bond donors (Lipinski definition) is 3. The van der Waals surface area contributed by atoms with Crippen molar-refractivity contribution in [1.29, 1.82) is 0 Å². The van der Waals surface area contributed by atoms with Gasteiger partial charge in [-0.15, -0.1) is 0 Å². The third kappa shape index (κ3) is 7.73. The van der Waals surface area contributed by atoms with Gasteiger partial charge in [0.2, 0.25) is 5.91 Å². The van der Waals surface area contributed by atoms with E-state index >= 15 is 0 Å². The first-order valence-electron chi connectivity index (χ1n) is 13.2. The van der Waals surface area contributed by atoms with Gasteiger partial charge in [0.05, 0.1) is 0 Å². The molecule has 0 saturated heterocycles. The number of carbonyl (C=O) groups is 3. The third-order valence-corrected chi connectivity index (χ3v) is 6.36. The lowest BCUT2D eigenvalue weighted by Crippen LogP contribution is -2.53. The maximum Gasteiger partial charge on any atom is 0.408 e. The van der Waals surface area contributed by atoms with Gasteiger partial charge < -0.3 is 25.4 Å². The Morgan fingerprint density at radius 1 is 1.05 bits per heavy atom. The highest BCUT2D eigenvalue weighted by atomic mass is 16.6. The monoisotopic (exact) mass is 523 g/mol. The number of hydrogen-bond acceptors (Lipinski definition) is 5. The molecule has 1 aliphatic carbocycles. The Labute approximate surface area is 225 Å². The molecule has 2 unspecified atom stereocenters. The topological polar surface area (TPSA) is 108 Å². The minimum absolute atomic E-state index is 0.107. The minimum atomic E-state index is -0.955. The quantitative estimate of drug-likeness (QED) is 0.395. The molecule has 206 valence electrons. The van der Waals surface area contributed by atoms with E-state index in [0.29, 0.717) is 23.2 Å². The van der Waals surface area contributed by atoms with Gasteiger partial charge in [0.1, 0.15) is 23.4 Å². The number of anilines is 1. The summed E-state index contributed by atoms with van der Waals surface area (Å²) in [6, 6.07) is 10.5. The zero-order chi connectivity index (χ0) is 28.2. The number of aryl methyl sites for hydroxylation is 2. The molecule has 1 fully saturated rings. The van der Waals surface area contributed by atoms with Crippen molar-refractivity contribution in [3.8, 4) is 5.75 Å². The summed E-state index contributed by atoms with van der Waals surface area (Å²) in [5.74, 6) is -0.469. The van der Waals surface area contributed by atoms with Crippen molar-refractivity contribution >= 4 is 23.6 Å². The number of alkyl carbamates (subject to hydrolysis) is 1. The van der Waals surface area contributed by atoms with Crippen LogP contribution >= 0.6 is 0 Å². The highest BCUT2D eigenvalue weighted by Crippen LogP contribution is 2.37. The predicted octanol–water partition coefficient (Wildman–Crippen LogP) is 5.62. The Morgan fingerprint density at radius 2 is 1.71 bits per heavy atom. The number of rotatable bonds is 9. The van der Waals surface area contributed by atoms with E-state index in [4.69, 9.17) is 4.74 Å². The molecule has 2 atom stereocenters. The third-order valence-electron chi connectivity index (χ3n) is 6.36. The number of aromatic hydroxyl groups is 1. The fourth-order valence-corrected chi connectivity index (χ4v) is 4.39. The molecular formula is C30H41N3O5. The maximum atomic E-state index is 14.2. The average molecular weight is 524 g/mol. The lowest BCUT2D eigenvalue weighted by Gasteiger charge is -2.35.